The molecule has 0 aliphatic carbocycles. The second kappa shape index (κ2) is 4.97. The molecule has 0 spiro atoms. The maximum absolute atomic E-state index is 4.45. The van der Waals surface area contributed by atoms with Gasteiger partial charge in [-0.05, 0) is 17.9 Å². The summed E-state index contributed by atoms with van der Waals surface area (Å²) in [6.07, 6.45) is 5.22. The minimum Gasteiger partial charge on any atom is -0.333 e. The summed E-state index contributed by atoms with van der Waals surface area (Å²) in [5, 5.41) is 0. The van der Waals surface area contributed by atoms with Gasteiger partial charge in [0.2, 0.25) is 0 Å². The number of nitrogens with zero attached hydrogens (tertiary/aromatic N) is 2. The molecule has 16 heavy (non-hydrogen) atoms. The zero-order valence-corrected chi connectivity index (χ0v) is 9.93. The van der Waals surface area contributed by atoms with Crippen LogP contribution in [0.15, 0.2) is 42.9 Å². The van der Waals surface area contributed by atoms with E-state index < -0.39 is 0 Å². The molecule has 0 aliphatic rings. The van der Waals surface area contributed by atoms with E-state index in [0.717, 1.165) is 13.0 Å². The molecular formula is C14H18N2. The van der Waals surface area contributed by atoms with E-state index in [4.69, 9.17) is 0 Å². The van der Waals surface area contributed by atoms with Crippen LogP contribution in [0.3, 0.4) is 0 Å². The molecule has 0 N–H and O–H groups in total. The second-order valence-corrected chi connectivity index (χ2v) is 4.27. The molecule has 2 aromatic rings. The molecule has 0 fully saturated rings. The summed E-state index contributed by atoms with van der Waals surface area (Å²) >= 11 is 0. The van der Waals surface area contributed by atoms with Gasteiger partial charge in [0, 0.05) is 12.7 Å². The molecule has 0 bridgehead atoms. The van der Waals surface area contributed by atoms with Crippen molar-refractivity contribution in [2.75, 3.05) is 0 Å². The average molecular weight is 214 g/mol. The van der Waals surface area contributed by atoms with Crippen molar-refractivity contribution in [2.45, 2.75) is 32.7 Å². The highest BCUT2D eigenvalue weighted by Crippen LogP contribution is 2.16. The minimum atomic E-state index is 0.553. The fourth-order valence-corrected chi connectivity index (χ4v) is 1.72. The third-order valence-electron chi connectivity index (χ3n) is 2.98. The number of hydrogen-bond donors (Lipinski definition) is 0. The lowest BCUT2D eigenvalue weighted by molar-refractivity contribution is 0.710. The zero-order valence-electron chi connectivity index (χ0n) is 9.93. The van der Waals surface area contributed by atoms with Gasteiger partial charge < -0.3 is 4.57 Å². The van der Waals surface area contributed by atoms with Crippen LogP contribution in [0.2, 0.25) is 0 Å². The summed E-state index contributed by atoms with van der Waals surface area (Å²) in [5.74, 6) is 0.553. The van der Waals surface area contributed by atoms with Gasteiger partial charge >= 0.3 is 0 Å². The zero-order chi connectivity index (χ0) is 11.4. The van der Waals surface area contributed by atoms with Gasteiger partial charge in [-0.1, -0.05) is 44.2 Å². The van der Waals surface area contributed by atoms with Crippen molar-refractivity contribution >= 4 is 0 Å². The minimum absolute atomic E-state index is 0.553. The molecule has 1 aromatic heterocycles. The van der Waals surface area contributed by atoms with E-state index in [-0.39, 0.29) is 0 Å². The third-order valence-corrected chi connectivity index (χ3v) is 2.98. The summed E-state index contributed by atoms with van der Waals surface area (Å²) in [6, 6.07) is 10.5. The predicted octanol–water partition coefficient (Wildman–Crippen LogP) is 3.44. The van der Waals surface area contributed by atoms with E-state index in [9.17, 15) is 0 Å². The topological polar surface area (TPSA) is 17.8 Å². The number of benzene rings is 1. The van der Waals surface area contributed by atoms with Gasteiger partial charge in [0.25, 0.3) is 0 Å². The monoisotopic (exact) mass is 214 g/mol. The fourth-order valence-electron chi connectivity index (χ4n) is 1.72. The van der Waals surface area contributed by atoms with Crippen LogP contribution in [0.4, 0.5) is 0 Å². The molecule has 1 unspecified atom stereocenters. The van der Waals surface area contributed by atoms with Crippen LogP contribution in [0.5, 0.6) is 0 Å². The Labute approximate surface area is 97.0 Å². The van der Waals surface area contributed by atoms with Crippen molar-refractivity contribution in [2.24, 2.45) is 0 Å². The van der Waals surface area contributed by atoms with Crippen LogP contribution < -0.4 is 0 Å². The van der Waals surface area contributed by atoms with Crippen molar-refractivity contribution in [1.82, 2.24) is 9.55 Å². The molecule has 0 saturated heterocycles. The Bertz CT molecular complexity index is 431. The lowest BCUT2D eigenvalue weighted by Crippen LogP contribution is -1.96. The van der Waals surface area contributed by atoms with Crippen LogP contribution >= 0.6 is 0 Å². The van der Waals surface area contributed by atoms with Crippen molar-refractivity contribution in [3.63, 3.8) is 0 Å². The molecule has 1 heterocycles. The van der Waals surface area contributed by atoms with Crippen LogP contribution in [0.1, 0.15) is 37.4 Å². The lowest BCUT2D eigenvalue weighted by atomic mass is 10.1. The van der Waals surface area contributed by atoms with E-state index in [1.54, 1.807) is 0 Å². The van der Waals surface area contributed by atoms with Crippen molar-refractivity contribution in [3.8, 4) is 0 Å². The highest BCUT2D eigenvalue weighted by molar-refractivity contribution is 5.15. The van der Waals surface area contributed by atoms with Gasteiger partial charge in [-0.15, -0.1) is 0 Å². The van der Waals surface area contributed by atoms with Crippen LogP contribution in [-0.4, -0.2) is 9.55 Å². The molecule has 1 aromatic carbocycles. The SMILES string of the molecule is CCC(C)c1cn(Cc2ccccc2)cn1. The van der Waals surface area contributed by atoms with Crippen LogP contribution in [0, 0.1) is 0 Å². The van der Waals surface area contributed by atoms with Gasteiger partial charge in [-0.2, -0.15) is 0 Å². The van der Waals surface area contributed by atoms with Gasteiger partial charge in [0.15, 0.2) is 0 Å². The van der Waals surface area contributed by atoms with Crippen LogP contribution in [0.25, 0.3) is 0 Å². The Balaban J connectivity index is 2.09. The smallest absolute Gasteiger partial charge is 0.0952 e. The fraction of sp³-hybridized carbons (Fsp3) is 0.357. The normalized spacial score (nSPS) is 12.6. The maximum atomic E-state index is 4.45. The number of rotatable bonds is 4. The summed E-state index contributed by atoms with van der Waals surface area (Å²) in [5.41, 5.74) is 2.51. The Morgan fingerprint density at radius 1 is 1.25 bits per heavy atom. The highest BCUT2D eigenvalue weighted by Gasteiger charge is 2.06. The lowest BCUT2D eigenvalue weighted by Gasteiger charge is -2.03. The summed E-state index contributed by atoms with van der Waals surface area (Å²) in [6.45, 7) is 5.32. The standard InChI is InChI=1S/C14H18N2/c1-3-12(2)14-10-16(11-15-14)9-13-7-5-4-6-8-13/h4-8,10-12H,3,9H2,1-2H3. The van der Waals surface area contributed by atoms with Gasteiger partial charge in [-0.25, -0.2) is 4.98 Å². The summed E-state index contributed by atoms with van der Waals surface area (Å²) < 4.78 is 2.15. The number of hydrogen-bond acceptors (Lipinski definition) is 1. The van der Waals surface area contributed by atoms with E-state index >= 15 is 0 Å². The molecule has 0 amide bonds. The predicted molar refractivity (Wildman–Crippen MR) is 66.5 cm³/mol. The largest absolute Gasteiger partial charge is 0.333 e. The third kappa shape index (κ3) is 2.51. The second-order valence-electron chi connectivity index (χ2n) is 4.27. The Morgan fingerprint density at radius 3 is 2.69 bits per heavy atom. The van der Waals surface area contributed by atoms with Gasteiger partial charge in [0.05, 0.1) is 12.0 Å². The first-order valence-electron chi connectivity index (χ1n) is 5.85. The molecule has 0 aliphatic heterocycles. The molecule has 2 heteroatoms. The average Bonchev–Trinajstić information content (AvgIpc) is 2.78. The molecule has 0 radical (unpaired) electrons. The maximum Gasteiger partial charge on any atom is 0.0952 e. The first kappa shape index (κ1) is 10.9. The Hall–Kier alpha value is -1.57. The van der Waals surface area contributed by atoms with E-state index in [1.807, 2.05) is 12.4 Å². The van der Waals surface area contributed by atoms with Gasteiger partial charge in [0.1, 0.15) is 0 Å². The van der Waals surface area contributed by atoms with E-state index in [1.165, 1.54) is 11.3 Å². The quantitative estimate of drug-likeness (QED) is 0.762. The van der Waals surface area contributed by atoms with Crippen molar-refractivity contribution < 1.29 is 0 Å². The summed E-state index contributed by atoms with van der Waals surface area (Å²) in [4.78, 5) is 4.45. The molecule has 2 nitrogen and oxygen atoms in total. The first-order valence-corrected chi connectivity index (χ1v) is 5.85. The van der Waals surface area contributed by atoms with Gasteiger partial charge in [-0.3, -0.25) is 0 Å². The first-order chi connectivity index (χ1) is 7.79. The van der Waals surface area contributed by atoms with Crippen molar-refractivity contribution in [1.29, 1.82) is 0 Å². The number of imidazole rings is 1. The Morgan fingerprint density at radius 2 is 2.00 bits per heavy atom. The van der Waals surface area contributed by atoms with E-state index in [2.05, 4.69) is 53.9 Å². The molecule has 84 valence electrons. The molecule has 1 atom stereocenters. The van der Waals surface area contributed by atoms with Crippen LogP contribution in [-0.2, 0) is 6.54 Å². The molecule has 2 rings (SSSR count). The highest BCUT2D eigenvalue weighted by atomic mass is 15.0. The Kier molecular flexibility index (Phi) is 3.40. The summed E-state index contributed by atoms with van der Waals surface area (Å²) in [7, 11) is 0. The van der Waals surface area contributed by atoms with E-state index in [0.29, 0.717) is 5.92 Å². The van der Waals surface area contributed by atoms with Crippen molar-refractivity contribution in [3.05, 3.63) is 54.1 Å². The molecule has 0 saturated carbocycles. The number of aromatic nitrogens is 2. The molecular weight excluding hydrogens is 196 g/mol.